The third-order valence-electron chi connectivity index (χ3n) is 4.02. The number of amides is 2. The Kier molecular flexibility index (Phi) is 4.88. The first-order valence-corrected chi connectivity index (χ1v) is 8.10. The maximum atomic E-state index is 12.4. The van der Waals surface area contributed by atoms with Crippen molar-refractivity contribution in [1.29, 1.82) is 0 Å². The molecule has 0 fully saturated rings. The monoisotopic (exact) mass is 340 g/mol. The number of methoxy groups -OCH3 is 1. The van der Waals surface area contributed by atoms with Crippen LogP contribution in [-0.4, -0.2) is 31.6 Å². The van der Waals surface area contributed by atoms with Crippen molar-refractivity contribution < 1.29 is 19.1 Å². The Morgan fingerprint density at radius 2 is 1.92 bits per heavy atom. The van der Waals surface area contributed by atoms with E-state index in [0.717, 1.165) is 0 Å². The van der Waals surface area contributed by atoms with E-state index >= 15 is 0 Å². The van der Waals surface area contributed by atoms with Gasteiger partial charge in [-0.2, -0.15) is 0 Å². The molecule has 2 aromatic carbocycles. The minimum absolute atomic E-state index is 0.149. The van der Waals surface area contributed by atoms with Crippen LogP contribution in [-0.2, 0) is 9.59 Å². The molecule has 0 saturated carbocycles. The minimum Gasteiger partial charge on any atom is -0.495 e. The molecular weight excluding hydrogens is 320 g/mol. The van der Waals surface area contributed by atoms with Crippen molar-refractivity contribution in [2.45, 2.75) is 19.4 Å². The molecule has 130 valence electrons. The summed E-state index contributed by atoms with van der Waals surface area (Å²) in [4.78, 5) is 26.3. The predicted octanol–water partition coefficient (Wildman–Crippen LogP) is 2.84. The predicted molar refractivity (Wildman–Crippen MR) is 95.1 cm³/mol. The number of rotatable bonds is 5. The molecule has 1 aliphatic heterocycles. The number of hydrogen-bond acceptors (Lipinski definition) is 4. The van der Waals surface area contributed by atoms with E-state index in [0.29, 0.717) is 22.9 Å². The van der Waals surface area contributed by atoms with Crippen LogP contribution in [0.2, 0.25) is 0 Å². The van der Waals surface area contributed by atoms with Crippen LogP contribution in [0.1, 0.15) is 13.3 Å². The number of benzene rings is 2. The Labute approximate surface area is 146 Å². The van der Waals surface area contributed by atoms with Gasteiger partial charge in [-0.25, -0.2) is 0 Å². The van der Waals surface area contributed by atoms with Gasteiger partial charge in [0.25, 0.3) is 5.91 Å². The molecular formula is C19H20N2O4. The number of fused-ring (bicyclic) bond motifs is 1. The van der Waals surface area contributed by atoms with Gasteiger partial charge in [-0.1, -0.05) is 24.3 Å². The van der Waals surface area contributed by atoms with Crippen LogP contribution in [0.15, 0.2) is 48.5 Å². The fraction of sp³-hybridized carbons (Fsp3) is 0.263. The van der Waals surface area contributed by atoms with E-state index in [2.05, 4.69) is 5.32 Å². The van der Waals surface area contributed by atoms with Crippen LogP contribution in [0.3, 0.4) is 0 Å². The topological polar surface area (TPSA) is 67.9 Å². The molecule has 25 heavy (non-hydrogen) atoms. The molecule has 0 bridgehead atoms. The van der Waals surface area contributed by atoms with E-state index in [-0.39, 0.29) is 24.8 Å². The van der Waals surface area contributed by atoms with Gasteiger partial charge in [-0.05, 0) is 31.2 Å². The Balaban J connectivity index is 1.68. The van der Waals surface area contributed by atoms with Gasteiger partial charge in [-0.3, -0.25) is 9.59 Å². The third kappa shape index (κ3) is 3.57. The van der Waals surface area contributed by atoms with Gasteiger partial charge in [-0.15, -0.1) is 0 Å². The molecule has 0 radical (unpaired) electrons. The molecule has 1 N–H and O–H groups in total. The first-order chi connectivity index (χ1) is 12.1. The highest BCUT2D eigenvalue weighted by molar-refractivity contribution is 6.01. The number of para-hydroxylation sites is 4. The highest BCUT2D eigenvalue weighted by atomic mass is 16.5. The molecule has 2 aromatic rings. The minimum atomic E-state index is -0.563. The zero-order valence-corrected chi connectivity index (χ0v) is 14.2. The van der Waals surface area contributed by atoms with Gasteiger partial charge in [0.1, 0.15) is 11.5 Å². The number of carbonyl (C=O) groups is 2. The summed E-state index contributed by atoms with van der Waals surface area (Å²) in [5.41, 5.74) is 1.30. The zero-order chi connectivity index (χ0) is 17.8. The smallest absolute Gasteiger partial charge is 0.267 e. The lowest BCUT2D eigenvalue weighted by atomic mass is 10.1. The summed E-state index contributed by atoms with van der Waals surface area (Å²) in [5, 5.41) is 2.82. The maximum Gasteiger partial charge on any atom is 0.267 e. The standard InChI is InChI=1S/C19H20N2O4/c1-13-19(23)21(15-8-4-6-10-17(15)25-13)12-11-18(22)20-14-7-3-5-9-16(14)24-2/h3-10,13H,11-12H2,1-2H3,(H,20,22). The SMILES string of the molecule is COc1ccccc1NC(=O)CCN1C(=O)C(C)Oc2ccccc21. The first kappa shape index (κ1) is 16.8. The first-order valence-electron chi connectivity index (χ1n) is 8.10. The number of ether oxygens (including phenoxy) is 2. The maximum absolute atomic E-state index is 12.4. The molecule has 0 saturated heterocycles. The molecule has 3 rings (SSSR count). The van der Waals surface area contributed by atoms with E-state index in [1.807, 2.05) is 36.4 Å². The summed E-state index contributed by atoms with van der Waals surface area (Å²) >= 11 is 0. The Hall–Kier alpha value is -3.02. The fourth-order valence-corrected chi connectivity index (χ4v) is 2.76. The van der Waals surface area contributed by atoms with Crippen molar-refractivity contribution in [2.75, 3.05) is 23.9 Å². The zero-order valence-electron chi connectivity index (χ0n) is 14.2. The van der Waals surface area contributed by atoms with Crippen molar-refractivity contribution in [3.8, 4) is 11.5 Å². The Morgan fingerprint density at radius 3 is 2.72 bits per heavy atom. The number of nitrogens with one attached hydrogen (secondary N) is 1. The van der Waals surface area contributed by atoms with E-state index in [9.17, 15) is 9.59 Å². The average Bonchev–Trinajstić information content (AvgIpc) is 2.62. The summed E-state index contributed by atoms with van der Waals surface area (Å²) in [5.74, 6) is 0.912. The van der Waals surface area contributed by atoms with Crippen molar-refractivity contribution in [2.24, 2.45) is 0 Å². The summed E-state index contributed by atoms with van der Waals surface area (Å²) in [6.45, 7) is 1.99. The van der Waals surface area contributed by atoms with Crippen molar-refractivity contribution in [3.05, 3.63) is 48.5 Å². The second kappa shape index (κ2) is 7.25. The summed E-state index contributed by atoms with van der Waals surface area (Å²) in [7, 11) is 1.55. The lowest BCUT2D eigenvalue weighted by Gasteiger charge is -2.32. The van der Waals surface area contributed by atoms with E-state index in [1.165, 1.54) is 0 Å². The molecule has 1 heterocycles. The molecule has 0 aliphatic carbocycles. The Morgan fingerprint density at radius 1 is 1.20 bits per heavy atom. The van der Waals surface area contributed by atoms with Crippen LogP contribution in [0.5, 0.6) is 11.5 Å². The van der Waals surface area contributed by atoms with Crippen LogP contribution >= 0.6 is 0 Å². The van der Waals surface area contributed by atoms with Crippen LogP contribution in [0, 0.1) is 0 Å². The van der Waals surface area contributed by atoms with Crippen molar-refractivity contribution in [3.63, 3.8) is 0 Å². The van der Waals surface area contributed by atoms with Gasteiger partial charge in [0.15, 0.2) is 6.10 Å². The second-order valence-corrected chi connectivity index (χ2v) is 5.72. The number of anilines is 2. The molecule has 0 spiro atoms. The molecule has 1 aliphatic rings. The van der Waals surface area contributed by atoms with Crippen molar-refractivity contribution in [1.82, 2.24) is 0 Å². The summed E-state index contributed by atoms with van der Waals surface area (Å²) < 4.78 is 10.8. The lowest BCUT2D eigenvalue weighted by Crippen LogP contribution is -2.45. The van der Waals surface area contributed by atoms with Crippen LogP contribution in [0.25, 0.3) is 0 Å². The van der Waals surface area contributed by atoms with E-state index in [1.54, 1.807) is 31.1 Å². The highest BCUT2D eigenvalue weighted by Gasteiger charge is 2.31. The molecule has 1 unspecified atom stereocenters. The van der Waals surface area contributed by atoms with Gasteiger partial charge >= 0.3 is 0 Å². The van der Waals surface area contributed by atoms with Gasteiger partial charge in [0.05, 0.1) is 18.5 Å². The number of hydrogen-bond donors (Lipinski definition) is 1. The molecule has 6 nitrogen and oxygen atoms in total. The molecule has 1 atom stereocenters. The van der Waals surface area contributed by atoms with Gasteiger partial charge in [0.2, 0.25) is 5.91 Å². The normalized spacial score (nSPS) is 16.0. The van der Waals surface area contributed by atoms with E-state index < -0.39 is 6.10 Å². The fourth-order valence-electron chi connectivity index (χ4n) is 2.76. The van der Waals surface area contributed by atoms with Gasteiger partial charge < -0.3 is 19.7 Å². The summed E-state index contributed by atoms with van der Waals surface area (Å²) in [6, 6.07) is 14.5. The lowest BCUT2D eigenvalue weighted by molar-refractivity contribution is -0.125. The number of nitrogens with zero attached hydrogens (tertiary/aromatic N) is 1. The highest BCUT2D eigenvalue weighted by Crippen LogP contribution is 2.33. The quantitative estimate of drug-likeness (QED) is 0.909. The summed E-state index contributed by atoms with van der Waals surface area (Å²) in [6.07, 6.45) is -0.391. The Bertz CT molecular complexity index is 790. The largest absolute Gasteiger partial charge is 0.495 e. The molecule has 2 amide bonds. The number of carbonyl (C=O) groups excluding carboxylic acids is 2. The third-order valence-corrected chi connectivity index (χ3v) is 4.02. The van der Waals surface area contributed by atoms with Crippen molar-refractivity contribution >= 4 is 23.2 Å². The second-order valence-electron chi connectivity index (χ2n) is 5.72. The van der Waals surface area contributed by atoms with E-state index in [4.69, 9.17) is 9.47 Å². The molecule has 6 heteroatoms. The average molecular weight is 340 g/mol. The van der Waals surface area contributed by atoms with Crippen LogP contribution < -0.4 is 19.7 Å². The van der Waals surface area contributed by atoms with Gasteiger partial charge in [0, 0.05) is 13.0 Å². The molecule has 0 aromatic heterocycles. The van der Waals surface area contributed by atoms with Crippen LogP contribution in [0.4, 0.5) is 11.4 Å².